The van der Waals surface area contributed by atoms with E-state index in [4.69, 9.17) is 9.63 Å². The highest BCUT2D eigenvalue weighted by Crippen LogP contribution is 2.13. The Morgan fingerprint density at radius 1 is 1.59 bits per heavy atom. The summed E-state index contributed by atoms with van der Waals surface area (Å²) in [6.07, 6.45) is 1.53. The fourth-order valence-corrected chi connectivity index (χ4v) is 1.39. The van der Waals surface area contributed by atoms with Crippen molar-refractivity contribution < 1.29 is 14.4 Å². The van der Waals surface area contributed by atoms with Gasteiger partial charge in [-0.2, -0.15) is 0 Å². The molecule has 0 bridgehead atoms. The predicted octanol–water partition coefficient (Wildman–Crippen LogP) is 1.69. The maximum absolute atomic E-state index is 10.9. The summed E-state index contributed by atoms with van der Waals surface area (Å²) in [6, 6.07) is 4.84. The quantitative estimate of drug-likeness (QED) is 0.835. The van der Waals surface area contributed by atoms with Crippen LogP contribution in [0.5, 0.6) is 0 Å². The van der Waals surface area contributed by atoms with Crippen LogP contribution in [0.15, 0.2) is 28.9 Å². The lowest BCUT2D eigenvalue weighted by molar-refractivity contribution is 0.0697. The minimum atomic E-state index is -1.02. The summed E-state index contributed by atoms with van der Waals surface area (Å²) in [5.74, 6) is -0.0760. The van der Waals surface area contributed by atoms with Crippen molar-refractivity contribution in [3.63, 3.8) is 0 Å². The van der Waals surface area contributed by atoms with Crippen molar-refractivity contribution in [2.45, 2.75) is 13.5 Å². The van der Waals surface area contributed by atoms with Crippen LogP contribution in [0, 0.1) is 6.92 Å². The first kappa shape index (κ1) is 11.1. The van der Waals surface area contributed by atoms with Gasteiger partial charge in [-0.3, -0.25) is 0 Å². The van der Waals surface area contributed by atoms with E-state index in [9.17, 15) is 4.79 Å². The molecule has 6 heteroatoms. The molecule has 0 aliphatic carbocycles. The van der Waals surface area contributed by atoms with Crippen LogP contribution in [0.1, 0.15) is 21.8 Å². The number of hydrogen-bond acceptors (Lipinski definition) is 5. The molecule has 0 aliphatic heterocycles. The molecule has 0 unspecified atom stereocenters. The number of carboxylic acids is 1. The molecule has 2 aromatic rings. The molecule has 6 nitrogen and oxygen atoms in total. The Morgan fingerprint density at radius 2 is 2.41 bits per heavy atom. The van der Waals surface area contributed by atoms with Gasteiger partial charge in [0.1, 0.15) is 11.4 Å². The van der Waals surface area contributed by atoms with E-state index in [2.05, 4.69) is 15.5 Å². The molecule has 88 valence electrons. The molecule has 0 spiro atoms. The van der Waals surface area contributed by atoms with Gasteiger partial charge in [0.05, 0.1) is 12.2 Å². The number of aromatic carboxylic acids is 1. The highest BCUT2D eigenvalue weighted by Gasteiger charge is 2.10. The van der Waals surface area contributed by atoms with Crippen LogP contribution in [-0.4, -0.2) is 21.2 Å². The molecule has 2 aromatic heterocycles. The first-order valence-corrected chi connectivity index (χ1v) is 5.01. The molecular weight excluding hydrogens is 222 g/mol. The van der Waals surface area contributed by atoms with Crippen molar-refractivity contribution in [1.29, 1.82) is 0 Å². The molecular formula is C11H11N3O3. The average molecular weight is 233 g/mol. The number of nitrogens with one attached hydrogen (secondary N) is 1. The number of aromatic nitrogens is 2. The third-order valence-corrected chi connectivity index (χ3v) is 2.14. The second-order valence-corrected chi connectivity index (χ2v) is 3.49. The maximum atomic E-state index is 10.9. The summed E-state index contributed by atoms with van der Waals surface area (Å²) in [6.45, 7) is 2.16. The van der Waals surface area contributed by atoms with Crippen molar-refractivity contribution in [2.75, 3.05) is 5.32 Å². The molecule has 0 amide bonds. The van der Waals surface area contributed by atoms with Crippen molar-refractivity contribution in [1.82, 2.24) is 10.1 Å². The highest BCUT2D eigenvalue weighted by molar-refractivity contribution is 5.92. The monoisotopic (exact) mass is 233 g/mol. The minimum Gasteiger partial charge on any atom is -0.478 e. The number of carboxylic acid groups (broad SMARTS) is 1. The van der Waals surface area contributed by atoms with E-state index in [1.807, 2.05) is 6.92 Å². The van der Waals surface area contributed by atoms with Crippen LogP contribution in [0.2, 0.25) is 0 Å². The fraction of sp³-hybridized carbons (Fsp3) is 0.182. The molecule has 17 heavy (non-hydrogen) atoms. The van der Waals surface area contributed by atoms with Crippen molar-refractivity contribution in [3.8, 4) is 0 Å². The second-order valence-electron chi connectivity index (χ2n) is 3.49. The largest absolute Gasteiger partial charge is 0.478 e. The number of rotatable bonds is 4. The van der Waals surface area contributed by atoms with Crippen LogP contribution < -0.4 is 5.32 Å². The highest BCUT2D eigenvalue weighted by atomic mass is 16.5. The van der Waals surface area contributed by atoms with Crippen LogP contribution in [0.4, 0.5) is 5.82 Å². The molecule has 0 fully saturated rings. The van der Waals surface area contributed by atoms with E-state index < -0.39 is 5.97 Å². The molecule has 0 aromatic carbocycles. The molecule has 2 N–H and O–H groups in total. The van der Waals surface area contributed by atoms with Crippen LogP contribution in [-0.2, 0) is 6.54 Å². The van der Waals surface area contributed by atoms with Gasteiger partial charge in [-0.25, -0.2) is 9.78 Å². The van der Waals surface area contributed by atoms with Crippen LogP contribution >= 0.6 is 0 Å². The zero-order chi connectivity index (χ0) is 12.3. The lowest BCUT2D eigenvalue weighted by Crippen LogP contribution is -2.07. The first-order chi connectivity index (χ1) is 8.16. The van der Waals surface area contributed by atoms with E-state index in [0.29, 0.717) is 18.1 Å². The fourth-order valence-electron chi connectivity index (χ4n) is 1.39. The Morgan fingerprint density at radius 3 is 3.06 bits per heavy atom. The third kappa shape index (κ3) is 2.60. The lowest BCUT2D eigenvalue weighted by atomic mass is 10.2. The SMILES string of the molecule is Cc1cc(CNc2ncccc2C(=O)O)on1. The van der Waals surface area contributed by atoms with E-state index >= 15 is 0 Å². The van der Waals surface area contributed by atoms with Gasteiger partial charge in [0.2, 0.25) is 0 Å². The number of aryl methyl sites for hydroxylation is 1. The predicted molar refractivity (Wildman–Crippen MR) is 59.8 cm³/mol. The maximum Gasteiger partial charge on any atom is 0.339 e. The summed E-state index contributed by atoms with van der Waals surface area (Å²) < 4.78 is 5.00. The Kier molecular flexibility index (Phi) is 3.04. The summed E-state index contributed by atoms with van der Waals surface area (Å²) in [5, 5.41) is 15.6. The number of anilines is 1. The van der Waals surface area contributed by atoms with Gasteiger partial charge < -0.3 is 14.9 Å². The van der Waals surface area contributed by atoms with E-state index in [0.717, 1.165) is 5.69 Å². The molecule has 0 radical (unpaired) electrons. The minimum absolute atomic E-state index is 0.128. The van der Waals surface area contributed by atoms with E-state index in [1.54, 1.807) is 12.1 Å². The third-order valence-electron chi connectivity index (χ3n) is 2.14. The summed E-state index contributed by atoms with van der Waals surface area (Å²) in [5.41, 5.74) is 0.907. The standard InChI is InChI=1S/C11H11N3O3/c1-7-5-8(17-14-7)6-13-10-9(11(15)16)3-2-4-12-10/h2-5H,6H2,1H3,(H,12,13)(H,15,16). The summed E-state index contributed by atoms with van der Waals surface area (Å²) in [4.78, 5) is 14.9. The number of nitrogens with zero attached hydrogens (tertiary/aromatic N) is 2. The van der Waals surface area contributed by atoms with Gasteiger partial charge in [0.25, 0.3) is 0 Å². The number of carbonyl (C=O) groups is 1. The molecule has 0 saturated carbocycles. The Hall–Kier alpha value is -2.37. The lowest BCUT2D eigenvalue weighted by Gasteiger charge is -2.05. The van der Waals surface area contributed by atoms with Crippen LogP contribution in [0.3, 0.4) is 0 Å². The van der Waals surface area contributed by atoms with Crippen molar-refractivity contribution in [3.05, 3.63) is 41.4 Å². The van der Waals surface area contributed by atoms with Crippen molar-refractivity contribution in [2.24, 2.45) is 0 Å². The molecule has 0 atom stereocenters. The first-order valence-electron chi connectivity index (χ1n) is 5.01. The second kappa shape index (κ2) is 4.65. The Balaban J connectivity index is 2.11. The topological polar surface area (TPSA) is 88.2 Å². The normalized spacial score (nSPS) is 10.2. The smallest absolute Gasteiger partial charge is 0.339 e. The van der Waals surface area contributed by atoms with Gasteiger partial charge in [0, 0.05) is 12.3 Å². The zero-order valence-corrected chi connectivity index (χ0v) is 9.17. The molecule has 2 heterocycles. The van der Waals surface area contributed by atoms with Gasteiger partial charge in [-0.15, -0.1) is 0 Å². The van der Waals surface area contributed by atoms with Gasteiger partial charge >= 0.3 is 5.97 Å². The van der Waals surface area contributed by atoms with Crippen molar-refractivity contribution >= 4 is 11.8 Å². The zero-order valence-electron chi connectivity index (χ0n) is 9.17. The Bertz CT molecular complexity index is 536. The van der Waals surface area contributed by atoms with Gasteiger partial charge in [-0.05, 0) is 19.1 Å². The van der Waals surface area contributed by atoms with E-state index in [-0.39, 0.29) is 5.56 Å². The van der Waals surface area contributed by atoms with Crippen LogP contribution in [0.25, 0.3) is 0 Å². The number of pyridine rings is 1. The van der Waals surface area contributed by atoms with Gasteiger partial charge in [-0.1, -0.05) is 5.16 Å². The Labute approximate surface area is 97.3 Å². The van der Waals surface area contributed by atoms with Gasteiger partial charge in [0.15, 0.2) is 5.76 Å². The molecule has 0 aliphatic rings. The summed E-state index contributed by atoms with van der Waals surface area (Å²) >= 11 is 0. The number of hydrogen-bond donors (Lipinski definition) is 2. The molecule has 0 saturated heterocycles. The van der Waals surface area contributed by atoms with E-state index in [1.165, 1.54) is 12.3 Å². The molecule has 2 rings (SSSR count). The average Bonchev–Trinajstić information content (AvgIpc) is 2.73. The summed E-state index contributed by atoms with van der Waals surface area (Å²) in [7, 11) is 0.